The van der Waals surface area contributed by atoms with Gasteiger partial charge in [0, 0.05) is 5.56 Å². The zero-order valence-corrected chi connectivity index (χ0v) is 10.8. The van der Waals surface area contributed by atoms with E-state index in [0.717, 1.165) is 0 Å². The summed E-state index contributed by atoms with van der Waals surface area (Å²) >= 11 is 0. The van der Waals surface area contributed by atoms with Gasteiger partial charge in [0.25, 0.3) is 5.79 Å². The molecule has 1 N–H and O–H groups in total. The summed E-state index contributed by atoms with van der Waals surface area (Å²) in [5.74, 6) is -0.647. The molecule has 0 radical (unpaired) electrons. The molecule has 1 fully saturated rings. The molecule has 21 heavy (non-hydrogen) atoms. The molecule has 0 spiro atoms. The second-order valence-electron chi connectivity index (χ2n) is 4.49. The Morgan fingerprint density at radius 3 is 2.52 bits per heavy atom. The van der Waals surface area contributed by atoms with Crippen LogP contribution in [-0.4, -0.2) is 17.9 Å². The molecule has 2 aromatic carbocycles. The number of carboxylic acid groups (broad SMARTS) is 1. The van der Waals surface area contributed by atoms with Crippen LogP contribution in [0, 0.1) is 5.82 Å². The second kappa shape index (κ2) is 5.06. The highest BCUT2D eigenvalue weighted by atomic mass is 19.1. The maximum atomic E-state index is 12.8. The van der Waals surface area contributed by atoms with E-state index >= 15 is 0 Å². The van der Waals surface area contributed by atoms with Gasteiger partial charge in [0.15, 0.2) is 0 Å². The van der Waals surface area contributed by atoms with Gasteiger partial charge in [-0.2, -0.15) is 0 Å². The van der Waals surface area contributed by atoms with Crippen molar-refractivity contribution < 1.29 is 28.5 Å². The van der Waals surface area contributed by atoms with Crippen LogP contribution >= 0.6 is 0 Å². The Morgan fingerprint density at radius 1 is 1.19 bits per heavy atom. The van der Waals surface area contributed by atoms with Crippen LogP contribution in [0.5, 0.6) is 11.5 Å². The fraction of sp³-hybridized carbons (Fsp3) is 0.133. The SMILES string of the molecule is O=C(O)O[C@]1(c2cccc(Oc3ccc(F)cc3)c2)CO1. The quantitative estimate of drug-likeness (QED) is 0.689. The van der Waals surface area contributed by atoms with Gasteiger partial charge in [-0.05, 0) is 36.4 Å². The Bertz CT molecular complexity index is 664. The van der Waals surface area contributed by atoms with Gasteiger partial charge in [0.2, 0.25) is 0 Å². The molecular weight excluding hydrogens is 279 g/mol. The van der Waals surface area contributed by atoms with Crippen molar-refractivity contribution in [1.29, 1.82) is 0 Å². The van der Waals surface area contributed by atoms with Crippen LogP contribution in [-0.2, 0) is 15.3 Å². The molecular formula is C15H11FO5. The first kappa shape index (κ1) is 13.4. The van der Waals surface area contributed by atoms with E-state index in [9.17, 15) is 9.18 Å². The number of rotatable bonds is 4. The minimum Gasteiger partial charge on any atom is -0.457 e. The molecule has 2 aromatic rings. The summed E-state index contributed by atoms with van der Waals surface area (Å²) in [6, 6.07) is 12.3. The number of ether oxygens (including phenoxy) is 3. The summed E-state index contributed by atoms with van der Waals surface area (Å²) in [5.41, 5.74) is 0.546. The van der Waals surface area contributed by atoms with Crippen molar-refractivity contribution in [2.75, 3.05) is 6.61 Å². The standard InChI is InChI=1S/C15H11FO5/c16-11-4-6-12(7-5-11)20-13-3-1-2-10(8-13)15(9-19-15)21-14(17)18/h1-8H,9H2,(H,17,18)/t15-/m0/s1. The number of hydrogen-bond acceptors (Lipinski definition) is 4. The molecule has 1 saturated heterocycles. The van der Waals surface area contributed by atoms with E-state index in [-0.39, 0.29) is 12.4 Å². The summed E-state index contributed by atoms with van der Waals surface area (Å²) in [6.45, 7) is 0.166. The van der Waals surface area contributed by atoms with Gasteiger partial charge in [-0.15, -0.1) is 0 Å². The molecule has 1 heterocycles. The van der Waals surface area contributed by atoms with Crippen molar-refractivity contribution in [2.45, 2.75) is 5.79 Å². The predicted octanol–water partition coefficient (Wildman–Crippen LogP) is 3.50. The molecule has 6 heteroatoms. The average Bonchev–Trinajstić information content (AvgIpc) is 3.22. The van der Waals surface area contributed by atoms with Gasteiger partial charge in [-0.25, -0.2) is 9.18 Å². The third-order valence-corrected chi connectivity index (χ3v) is 2.98. The summed E-state index contributed by atoms with van der Waals surface area (Å²) in [7, 11) is 0. The van der Waals surface area contributed by atoms with Crippen LogP contribution in [0.15, 0.2) is 48.5 Å². The molecule has 0 saturated carbocycles. The highest BCUT2D eigenvalue weighted by Crippen LogP contribution is 2.41. The number of epoxide rings is 1. The molecule has 0 aliphatic carbocycles. The Hall–Kier alpha value is -2.60. The first-order valence-corrected chi connectivity index (χ1v) is 6.17. The van der Waals surface area contributed by atoms with Gasteiger partial charge in [0.05, 0.1) is 0 Å². The zero-order valence-electron chi connectivity index (χ0n) is 10.8. The lowest BCUT2D eigenvalue weighted by molar-refractivity contribution is -0.0219. The van der Waals surface area contributed by atoms with Gasteiger partial charge in [-0.1, -0.05) is 12.1 Å². The topological polar surface area (TPSA) is 68.3 Å². The van der Waals surface area contributed by atoms with Crippen molar-refractivity contribution in [3.05, 3.63) is 59.9 Å². The first-order valence-electron chi connectivity index (χ1n) is 6.17. The van der Waals surface area contributed by atoms with Gasteiger partial charge in [-0.3, -0.25) is 0 Å². The third kappa shape index (κ3) is 2.95. The number of hydrogen-bond donors (Lipinski definition) is 1. The first-order chi connectivity index (χ1) is 10.1. The Balaban J connectivity index is 1.80. The minimum atomic E-state index is -1.41. The zero-order chi connectivity index (χ0) is 14.9. The summed E-state index contributed by atoms with van der Waals surface area (Å²) in [5, 5.41) is 8.71. The van der Waals surface area contributed by atoms with Gasteiger partial charge >= 0.3 is 6.16 Å². The lowest BCUT2D eigenvalue weighted by Crippen LogP contribution is -2.17. The van der Waals surface area contributed by atoms with E-state index in [4.69, 9.17) is 19.3 Å². The van der Waals surface area contributed by atoms with Crippen LogP contribution in [0.4, 0.5) is 9.18 Å². The maximum absolute atomic E-state index is 12.8. The summed E-state index contributed by atoms with van der Waals surface area (Å²) in [6.07, 6.45) is -1.41. The van der Waals surface area contributed by atoms with Crippen LogP contribution < -0.4 is 4.74 Å². The van der Waals surface area contributed by atoms with Crippen molar-refractivity contribution in [2.24, 2.45) is 0 Å². The van der Waals surface area contributed by atoms with E-state index in [1.807, 2.05) is 0 Å². The molecule has 0 bridgehead atoms. The second-order valence-corrected chi connectivity index (χ2v) is 4.49. The molecule has 5 nitrogen and oxygen atoms in total. The van der Waals surface area contributed by atoms with E-state index in [1.54, 1.807) is 24.3 Å². The smallest absolute Gasteiger partial charge is 0.457 e. The van der Waals surface area contributed by atoms with Crippen LogP contribution in [0.2, 0.25) is 0 Å². The average molecular weight is 290 g/mol. The normalized spacial score (nSPS) is 19.9. The van der Waals surface area contributed by atoms with Crippen molar-refractivity contribution in [3.8, 4) is 11.5 Å². The molecule has 1 aliphatic rings. The highest BCUT2D eigenvalue weighted by Gasteiger charge is 2.51. The Kier molecular flexibility index (Phi) is 3.23. The highest BCUT2D eigenvalue weighted by molar-refractivity contribution is 5.58. The van der Waals surface area contributed by atoms with E-state index < -0.39 is 11.9 Å². The minimum absolute atomic E-state index is 0.166. The van der Waals surface area contributed by atoms with Crippen LogP contribution in [0.25, 0.3) is 0 Å². The van der Waals surface area contributed by atoms with Crippen LogP contribution in [0.1, 0.15) is 5.56 Å². The van der Waals surface area contributed by atoms with Crippen molar-refractivity contribution in [3.63, 3.8) is 0 Å². The molecule has 3 rings (SSSR count). The lowest BCUT2D eigenvalue weighted by atomic mass is 10.1. The van der Waals surface area contributed by atoms with E-state index in [0.29, 0.717) is 17.1 Å². The number of carbonyl (C=O) groups is 1. The van der Waals surface area contributed by atoms with E-state index in [2.05, 4.69) is 0 Å². The van der Waals surface area contributed by atoms with Crippen LogP contribution in [0.3, 0.4) is 0 Å². The molecule has 1 atom stereocenters. The maximum Gasteiger partial charge on any atom is 0.508 e. The number of benzene rings is 2. The fourth-order valence-electron chi connectivity index (χ4n) is 1.93. The summed E-state index contributed by atoms with van der Waals surface area (Å²) in [4.78, 5) is 10.7. The predicted molar refractivity (Wildman–Crippen MR) is 69.7 cm³/mol. The molecule has 108 valence electrons. The van der Waals surface area contributed by atoms with E-state index in [1.165, 1.54) is 24.3 Å². The van der Waals surface area contributed by atoms with Crippen molar-refractivity contribution >= 4 is 6.16 Å². The lowest BCUT2D eigenvalue weighted by Gasteiger charge is -2.12. The largest absolute Gasteiger partial charge is 0.508 e. The monoisotopic (exact) mass is 290 g/mol. The third-order valence-electron chi connectivity index (χ3n) is 2.98. The molecule has 0 amide bonds. The van der Waals surface area contributed by atoms with Gasteiger partial charge < -0.3 is 19.3 Å². The Labute approximate surface area is 119 Å². The number of halogens is 1. The summed E-state index contributed by atoms with van der Waals surface area (Å²) < 4.78 is 28.3. The Morgan fingerprint density at radius 2 is 1.90 bits per heavy atom. The molecule has 0 aromatic heterocycles. The molecule has 0 unspecified atom stereocenters. The fourth-order valence-corrected chi connectivity index (χ4v) is 1.93. The van der Waals surface area contributed by atoms with Gasteiger partial charge in [0.1, 0.15) is 23.9 Å². The molecule has 1 aliphatic heterocycles. The van der Waals surface area contributed by atoms with Crippen molar-refractivity contribution in [1.82, 2.24) is 0 Å².